The van der Waals surface area contributed by atoms with Crippen LogP contribution in [0.5, 0.6) is 5.75 Å². The number of nitrogens with zero attached hydrogens (tertiary/aromatic N) is 1. The molecule has 2 aromatic rings. The molecular weight excluding hydrogens is 320 g/mol. The van der Waals surface area contributed by atoms with Crippen LogP contribution in [0.15, 0.2) is 18.2 Å². The molecule has 1 N–H and O–H groups in total. The minimum Gasteiger partial charge on any atom is -0.497 e. The van der Waals surface area contributed by atoms with Gasteiger partial charge in [0, 0.05) is 29.2 Å². The van der Waals surface area contributed by atoms with E-state index in [2.05, 4.69) is 28.9 Å². The standard InChI is InChI=1S/C23H34N2O/c1-17-21(22-16-20(26-2)10-11-23(22)24-17)12-14-25-13-6-9-19(25)15-18-7-4-3-5-8-18/h10-11,16,18-19,24H,3-9,12-15H2,1-2H3. The van der Waals surface area contributed by atoms with E-state index in [-0.39, 0.29) is 0 Å². The van der Waals surface area contributed by atoms with Crippen LogP contribution in [0.25, 0.3) is 10.9 Å². The van der Waals surface area contributed by atoms with Crippen LogP contribution in [0.3, 0.4) is 0 Å². The summed E-state index contributed by atoms with van der Waals surface area (Å²) >= 11 is 0. The smallest absolute Gasteiger partial charge is 0.119 e. The van der Waals surface area contributed by atoms with Crippen LogP contribution in [0, 0.1) is 12.8 Å². The van der Waals surface area contributed by atoms with E-state index >= 15 is 0 Å². The molecule has 1 saturated carbocycles. The molecule has 142 valence electrons. The third kappa shape index (κ3) is 3.78. The van der Waals surface area contributed by atoms with E-state index in [1.165, 1.54) is 86.6 Å². The Labute approximate surface area is 158 Å². The maximum absolute atomic E-state index is 5.44. The van der Waals surface area contributed by atoms with Gasteiger partial charge in [-0.2, -0.15) is 0 Å². The molecule has 0 spiro atoms. The highest BCUT2D eigenvalue weighted by atomic mass is 16.5. The Balaban J connectivity index is 1.42. The Bertz CT molecular complexity index is 729. The van der Waals surface area contributed by atoms with Gasteiger partial charge in [-0.1, -0.05) is 32.1 Å². The van der Waals surface area contributed by atoms with Crippen LogP contribution in [-0.4, -0.2) is 36.1 Å². The molecular formula is C23H34N2O. The van der Waals surface area contributed by atoms with Crippen molar-refractivity contribution >= 4 is 10.9 Å². The fraction of sp³-hybridized carbons (Fsp3) is 0.652. The lowest BCUT2D eigenvalue weighted by atomic mass is 9.84. The third-order valence-electron chi connectivity index (χ3n) is 6.80. The fourth-order valence-corrected chi connectivity index (χ4v) is 5.33. The first kappa shape index (κ1) is 17.9. The van der Waals surface area contributed by atoms with E-state index in [1.807, 2.05) is 6.07 Å². The lowest BCUT2D eigenvalue weighted by molar-refractivity contribution is 0.200. The number of aryl methyl sites for hydroxylation is 1. The quantitative estimate of drug-likeness (QED) is 0.746. The van der Waals surface area contributed by atoms with Crippen molar-refractivity contribution in [3.8, 4) is 5.75 Å². The molecule has 1 atom stereocenters. The van der Waals surface area contributed by atoms with Gasteiger partial charge in [0.2, 0.25) is 0 Å². The van der Waals surface area contributed by atoms with Crippen molar-refractivity contribution in [1.82, 2.24) is 9.88 Å². The van der Waals surface area contributed by atoms with E-state index in [4.69, 9.17) is 4.74 Å². The predicted octanol–water partition coefficient (Wildman–Crippen LogP) is 5.46. The number of methoxy groups -OCH3 is 1. The first-order chi connectivity index (χ1) is 12.7. The Morgan fingerprint density at radius 2 is 1.96 bits per heavy atom. The van der Waals surface area contributed by atoms with Crippen molar-refractivity contribution < 1.29 is 4.74 Å². The number of nitrogens with one attached hydrogen (secondary N) is 1. The highest BCUT2D eigenvalue weighted by Gasteiger charge is 2.27. The molecule has 0 bridgehead atoms. The SMILES string of the molecule is COc1ccc2[nH]c(C)c(CCN3CCCC3CC3CCCCC3)c2c1. The zero-order valence-corrected chi connectivity index (χ0v) is 16.5. The summed E-state index contributed by atoms with van der Waals surface area (Å²) in [6.07, 6.45) is 12.7. The fourth-order valence-electron chi connectivity index (χ4n) is 5.33. The summed E-state index contributed by atoms with van der Waals surface area (Å²) < 4.78 is 5.44. The highest BCUT2D eigenvalue weighted by Crippen LogP contribution is 2.33. The summed E-state index contributed by atoms with van der Waals surface area (Å²) in [5, 5.41) is 1.34. The first-order valence-corrected chi connectivity index (χ1v) is 10.6. The molecule has 1 aromatic heterocycles. The van der Waals surface area contributed by atoms with Gasteiger partial charge < -0.3 is 14.6 Å². The number of benzene rings is 1. The van der Waals surface area contributed by atoms with Crippen LogP contribution in [-0.2, 0) is 6.42 Å². The first-order valence-electron chi connectivity index (χ1n) is 10.6. The van der Waals surface area contributed by atoms with Gasteiger partial charge in [0.15, 0.2) is 0 Å². The molecule has 3 nitrogen and oxygen atoms in total. The molecule has 2 fully saturated rings. The summed E-state index contributed by atoms with van der Waals surface area (Å²) in [6.45, 7) is 4.70. The van der Waals surface area contributed by atoms with Crippen molar-refractivity contribution in [3.63, 3.8) is 0 Å². The van der Waals surface area contributed by atoms with E-state index in [1.54, 1.807) is 7.11 Å². The second-order valence-electron chi connectivity index (χ2n) is 8.46. The van der Waals surface area contributed by atoms with Gasteiger partial charge in [-0.3, -0.25) is 0 Å². The van der Waals surface area contributed by atoms with Crippen molar-refractivity contribution in [2.45, 2.75) is 70.8 Å². The van der Waals surface area contributed by atoms with Gasteiger partial charge in [0.25, 0.3) is 0 Å². The van der Waals surface area contributed by atoms with Crippen LogP contribution in [0.2, 0.25) is 0 Å². The zero-order valence-electron chi connectivity index (χ0n) is 16.5. The minimum atomic E-state index is 0.832. The summed E-state index contributed by atoms with van der Waals surface area (Å²) in [4.78, 5) is 6.34. The molecule has 1 aliphatic carbocycles. The average Bonchev–Trinajstić information content (AvgIpc) is 3.23. The van der Waals surface area contributed by atoms with Gasteiger partial charge in [-0.25, -0.2) is 0 Å². The molecule has 1 aliphatic heterocycles. The number of rotatable bonds is 6. The van der Waals surface area contributed by atoms with Gasteiger partial charge in [-0.05, 0) is 68.8 Å². The highest BCUT2D eigenvalue weighted by molar-refractivity contribution is 5.86. The van der Waals surface area contributed by atoms with Crippen molar-refractivity contribution in [2.75, 3.05) is 20.2 Å². The molecule has 3 heteroatoms. The largest absolute Gasteiger partial charge is 0.497 e. The molecule has 2 heterocycles. The lowest BCUT2D eigenvalue weighted by Crippen LogP contribution is -2.33. The van der Waals surface area contributed by atoms with Crippen molar-refractivity contribution in [2.24, 2.45) is 5.92 Å². The van der Waals surface area contributed by atoms with Crippen LogP contribution in [0.4, 0.5) is 0 Å². The molecule has 2 aliphatic rings. The molecule has 1 unspecified atom stereocenters. The second-order valence-corrected chi connectivity index (χ2v) is 8.46. The van der Waals surface area contributed by atoms with E-state index < -0.39 is 0 Å². The van der Waals surface area contributed by atoms with Crippen LogP contribution >= 0.6 is 0 Å². The Morgan fingerprint density at radius 1 is 1.12 bits per heavy atom. The predicted molar refractivity (Wildman–Crippen MR) is 109 cm³/mol. The topological polar surface area (TPSA) is 28.3 Å². The molecule has 1 saturated heterocycles. The summed E-state index contributed by atoms with van der Waals surface area (Å²) in [5.41, 5.74) is 4.02. The van der Waals surface area contributed by atoms with Gasteiger partial charge in [-0.15, -0.1) is 0 Å². The maximum Gasteiger partial charge on any atom is 0.119 e. The molecule has 0 amide bonds. The van der Waals surface area contributed by atoms with E-state index in [0.717, 1.165) is 24.1 Å². The number of hydrogen-bond acceptors (Lipinski definition) is 2. The summed E-state index contributed by atoms with van der Waals surface area (Å²) in [7, 11) is 1.75. The number of likely N-dealkylation sites (tertiary alicyclic amines) is 1. The number of ether oxygens (including phenoxy) is 1. The van der Waals surface area contributed by atoms with Gasteiger partial charge in [0.1, 0.15) is 5.75 Å². The molecule has 0 radical (unpaired) electrons. The normalized spacial score (nSPS) is 22.3. The number of aromatic nitrogens is 1. The van der Waals surface area contributed by atoms with Crippen LogP contribution in [0.1, 0.15) is 62.6 Å². The number of fused-ring (bicyclic) bond motifs is 1. The Hall–Kier alpha value is -1.48. The van der Waals surface area contributed by atoms with Crippen LogP contribution < -0.4 is 4.74 Å². The number of aromatic amines is 1. The number of hydrogen-bond donors (Lipinski definition) is 1. The Kier molecular flexibility index (Phi) is 5.54. The molecule has 4 rings (SSSR count). The van der Waals surface area contributed by atoms with E-state index in [0.29, 0.717) is 0 Å². The molecule has 1 aromatic carbocycles. The maximum atomic E-state index is 5.44. The lowest BCUT2D eigenvalue weighted by Gasteiger charge is -2.30. The summed E-state index contributed by atoms with van der Waals surface area (Å²) in [5.74, 6) is 1.95. The monoisotopic (exact) mass is 354 g/mol. The molecule has 26 heavy (non-hydrogen) atoms. The second kappa shape index (κ2) is 8.04. The van der Waals surface area contributed by atoms with Gasteiger partial charge >= 0.3 is 0 Å². The van der Waals surface area contributed by atoms with Gasteiger partial charge in [0.05, 0.1) is 7.11 Å². The zero-order chi connectivity index (χ0) is 17.9. The van der Waals surface area contributed by atoms with Crippen molar-refractivity contribution in [1.29, 1.82) is 0 Å². The minimum absolute atomic E-state index is 0.832. The van der Waals surface area contributed by atoms with E-state index in [9.17, 15) is 0 Å². The summed E-state index contributed by atoms with van der Waals surface area (Å²) in [6, 6.07) is 7.21. The number of H-pyrrole nitrogens is 1. The average molecular weight is 355 g/mol. The third-order valence-corrected chi connectivity index (χ3v) is 6.80. The Morgan fingerprint density at radius 3 is 2.77 bits per heavy atom. The van der Waals surface area contributed by atoms with Crippen molar-refractivity contribution in [3.05, 3.63) is 29.5 Å².